The van der Waals surface area contributed by atoms with E-state index in [0.717, 1.165) is 6.54 Å². The van der Waals surface area contributed by atoms with Gasteiger partial charge in [0.25, 0.3) is 0 Å². The zero-order chi connectivity index (χ0) is 12.3. The fourth-order valence-electron chi connectivity index (χ4n) is 1.58. The van der Waals surface area contributed by atoms with Crippen molar-refractivity contribution in [2.24, 2.45) is 0 Å². The second-order valence-corrected chi connectivity index (χ2v) is 6.61. The third kappa shape index (κ3) is 3.53. The molecule has 0 aliphatic carbocycles. The first kappa shape index (κ1) is 13.1. The molecule has 0 spiro atoms. The predicted molar refractivity (Wildman–Crippen MR) is 84.4 cm³/mol. The fraction of sp³-hybridized carbons (Fsp3) is 0.286. The maximum atomic E-state index is 3.45. The van der Waals surface area contributed by atoms with Gasteiger partial charge in [-0.25, -0.2) is 0 Å². The first-order valence-corrected chi connectivity index (χ1v) is 7.63. The van der Waals surface area contributed by atoms with Gasteiger partial charge in [-0.3, -0.25) is 0 Å². The number of nitrogens with one attached hydrogen (secondary N) is 1. The summed E-state index contributed by atoms with van der Waals surface area (Å²) in [6.45, 7) is 5.31. The van der Waals surface area contributed by atoms with Crippen LogP contribution in [0.25, 0.3) is 10.4 Å². The van der Waals surface area contributed by atoms with Crippen LogP contribution < -0.4 is 5.32 Å². The third-order valence-electron chi connectivity index (χ3n) is 2.49. The highest BCUT2D eigenvalue weighted by atomic mass is 127. The zero-order valence-electron chi connectivity index (χ0n) is 10.0. The molecule has 0 saturated carbocycles. The Morgan fingerprint density at radius 1 is 1.18 bits per heavy atom. The Bertz CT molecular complexity index is 490. The van der Waals surface area contributed by atoms with Crippen molar-refractivity contribution in [3.8, 4) is 10.4 Å². The molecule has 1 heterocycles. The molecule has 0 atom stereocenters. The lowest BCUT2D eigenvalue weighted by Gasteiger charge is -2.05. The number of benzene rings is 1. The van der Waals surface area contributed by atoms with E-state index in [0.29, 0.717) is 6.04 Å². The Balaban J connectivity index is 2.16. The van der Waals surface area contributed by atoms with E-state index >= 15 is 0 Å². The summed E-state index contributed by atoms with van der Waals surface area (Å²) in [5.41, 5.74) is 1.34. The molecule has 1 nitrogen and oxygen atoms in total. The molecular weight excluding hydrogens is 341 g/mol. The summed E-state index contributed by atoms with van der Waals surface area (Å²) in [6, 6.07) is 13.5. The van der Waals surface area contributed by atoms with Gasteiger partial charge in [-0.1, -0.05) is 32.0 Å². The van der Waals surface area contributed by atoms with E-state index < -0.39 is 0 Å². The first-order valence-electron chi connectivity index (χ1n) is 5.74. The highest BCUT2D eigenvalue weighted by Crippen LogP contribution is 2.31. The van der Waals surface area contributed by atoms with Gasteiger partial charge in [0.05, 0.1) is 0 Å². The van der Waals surface area contributed by atoms with Gasteiger partial charge in [0.2, 0.25) is 0 Å². The van der Waals surface area contributed by atoms with Gasteiger partial charge in [0, 0.05) is 31.5 Å². The average Bonchev–Trinajstić information content (AvgIpc) is 2.75. The van der Waals surface area contributed by atoms with Gasteiger partial charge in [-0.05, 0) is 40.8 Å². The lowest BCUT2D eigenvalue weighted by molar-refractivity contribution is 0.593. The normalized spacial score (nSPS) is 11.1. The Hall–Kier alpha value is -0.390. The van der Waals surface area contributed by atoms with E-state index in [2.05, 4.69) is 78.2 Å². The first-order chi connectivity index (χ1) is 8.16. The van der Waals surface area contributed by atoms with Crippen LogP contribution in [0.5, 0.6) is 0 Å². The number of hydrogen-bond acceptors (Lipinski definition) is 2. The smallest absolute Gasteiger partial charge is 0.0356 e. The number of halogens is 1. The topological polar surface area (TPSA) is 12.0 Å². The van der Waals surface area contributed by atoms with Crippen LogP contribution in [0.4, 0.5) is 0 Å². The predicted octanol–water partition coefficient (Wildman–Crippen LogP) is 4.52. The Labute approximate surface area is 120 Å². The maximum Gasteiger partial charge on any atom is 0.0356 e. The van der Waals surface area contributed by atoms with Crippen LogP contribution in [0.1, 0.15) is 18.7 Å². The highest BCUT2D eigenvalue weighted by Gasteiger charge is 2.05. The standard InChI is InChI=1S/C14H16INS/c1-10(2)16-9-11-7-8-14(17-11)12-5-3-4-6-13(12)15/h3-8,10,16H,9H2,1-2H3. The number of thiophene rings is 1. The monoisotopic (exact) mass is 357 g/mol. The lowest BCUT2D eigenvalue weighted by Crippen LogP contribution is -2.21. The Kier molecular flexibility index (Phi) is 4.59. The zero-order valence-corrected chi connectivity index (χ0v) is 13.0. The van der Waals surface area contributed by atoms with Crippen LogP contribution in [0.2, 0.25) is 0 Å². The Morgan fingerprint density at radius 2 is 1.94 bits per heavy atom. The van der Waals surface area contributed by atoms with Crippen molar-refractivity contribution >= 4 is 33.9 Å². The summed E-state index contributed by atoms with van der Waals surface area (Å²) in [5.74, 6) is 0. The lowest BCUT2D eigenvalue weighted by atomic mass is 10.2. The molecular formula is C14H16INS. The van der Waals surface area contributed by atoms with E-state index in [4.69, 9.17) is 0 Å². The van der Waals surface area contributed by atoms with Crippen LogP contribution in [-0.2, 0) is 6.54 Å². The molecule has 0 fully saturated rings. The van der Waals surface area contributed by atoms with E-state index in [9.17, 15) is 0 Å². The van der Waals surface area contributed by atoms with Crippen molar-refractivity contribution in [3.05, 3.63) is 44.8 Å². The quantitative estimate of drug-likeness (QED) is 0.794. The molecule has 2 rings (SSSR count). The van der Waals surface area contributed by atoms with Crippen molar-refractivity contribution in [2.45, 2.75) is 26.4 Å². The minimum absolute atomic E-state index is 0.539. The van der Waals surface area contributed by atoms with Crippen LogP contribution >= 0.6 is 33.9 Å². The molecule has 1 N–H and O–H groups in total. The largest absolute Gasteiger partial charge is 0.310 e. The van der Waals surface area contributed by atoms with Crippen LogP contribution in [0, 0.1) is 3.57 Å². The second-order valence-electron chi connectivity index (χ2n) is 4.28. The minimum atomic E-state index is 0.539. The average molecular weight is 357 g/mol. The van der Waals surface area contributed by atoms with Crippen molar-refractivity contribution < 1.29 is 0 Å². The highest BCUT2D eigenvalue weighted by molar-refractivity contribution is 14.1. The molecule has 2 aromatic rings. The summed E-state index contributed by atoms with van der Waals surface area (Å²) in [4.78, 5) is 2.75. The van der Waals surface area contributed by atoms with Crippen molar-refractivity contribution in [1.82, 2.24) is 5.32 Å². The molecule has 0 amide bonds. The van der Waals surface area contributed by atoms with E-state index in [1.165, 1.54) is 18.9 Å². The third-order valence-corrected chi connectivity index (χ3v) is 4.54. The van der Waals surface area contributed by atoms with E-state index in [1.54, 1.807) is 0 Å². The van der Waals surface area contributed by atoms with Crippen LogP contribution in [0.15, 0.2) is 36.4 Å². The summed E-state index contributed by atoms with van der Waals surface area (Å²) in [7, 11) is 0. The molecule has 17 heavy (non-hydrogen) atoms. The summed E-state index contributed by atoms with van der Waals surface area (Å²) < 4.78 is 1.32. The second kappa shape index (κ2) is 5.98. The molecule has 0 aliphatic rings. The molecule has 0 saturated heterocycles. The van der Waals surface area contributed by atoms with E-state index in [1.807, 2.05) is 11.3 Å². The molecule has 1 aromatic carbocycles. The summed E-state index contributed by atoms with van der Waals surface area (Å²) >= 11 is 4.27. The van der Waals surface area contributed by atoms with Gasteiger partial charge in [0.15, 0.2) is 0 Å². The molecule has 0 unspecified atom stereocenters. The van der Waals surface area contributed by atoms with Gasteiger partial charge < -0.3 is 5.32 Å². The van der Waals surface area contributed by atoms with Crippen molar-refractivity contribution in [2.75, 3.05) is 0 Å². The van der Waals surface area contributed by atoms with Gasteiger partial charge in [0.1, 0.15) is 0 Å². The van der Waals surface area contributed by atoms with Gasteiger partial charge in [-0.15, -0.1) is 11.3 Å². The summed E-state index contributed by atoms with van der Waals surface area (Å²) in [6.07, 6.45) is 0. The van der Waals surface area contributed by atoms with E-state index in [-0.39, 0.29) is 0 Å². The van der Waals surface area contributed by atoms with Crippen molar-refractivity contribution in [3.63, 3.8) is 0 Å². The molecule has 0 bridgehead atoms. The number of rotatable bonds is 4. The minimum Gasteiger partial charge on any atom is -0.310 e. The SMILES string of the molecule is CC(C)NCc1ccc(-c2ccccc2I)s1. The van der Waals surface area contributed by atoms with Gasteiger partial charge in [-0.2, -0.15) is 0 Å². The molecule has 0 radical (unpaired) electrons. The molecule has 0 aliphatic heterocycles. The fourth-order valence-corrected chi connectivity index (χ4v) is 3.44. The molecule has 90 valence electrons. The van der Waals surface area contributed by atoms with Crippen LogP contribution in [-0.4, -0.2) is 6.04 Å². The Morgan fingerprint density at radius 3 is 2.65 bits per heavy atom. The molecule has 3 heteroatoms. The number of hydrogen-bond donors (Lipinski definition) is 1. The maximum absolute atomic E-state index is 3.45. The van der Waals surface area contributed by atoms with Gasteiger partial charge >= 0.3 is 0 Å². The molecule has 1 aromatic heterocycles. The summed E-state index contributed by atoms with van der Waals surface area (Å²) in [5, 5.41) is 3.45. The van der Waals surface area contributed by atoms with Crippen LogP contribution in [0.3, 0.4) is 0 Å². The van der Waals surface area contributed by atoms with Crippen molar-refractivity contribution in [1.29, 1.82) is 0 Å².